The van der Waals surface area contributed by atoms with E-state index in [2.05, 4.69) is 53.3 Å². The quantitative estimate of drug-likeness (QED) is 0.509. The van der Waals surface area contributed by atoms with Gasteiger partial charge in [-0.1, -0.05) is 30.3 Å². The molecular formula is C24H23BrN3O3+. The molecule has 7 heteroatoms. The third-order valence-corrected chi connectivity index (χ3v) is 6.99. The maximum atomic E-state index is 11.6. The van der Waals surface area contributed by atoms with Gasteiger partial charge in [0, 0.05) is 47.6 Å². The Morgan fingerprint density at radius 1 is 1.16 bits per heavy atom. The molecule has 1 saturated heterocycles. The lowest BCUT2D eigenvalue weighted by Gasteiger charge is -2.42. The van der Waals surface area contributed by atoms with E-state index in [0.29, 0.717) is 10.4 Å². The van der Waals surface area contributed by atoms with Crippen molar-refractivity contribution in [2.75, 3.05) is 20.3 Å². The summed E-state index contributed by atoms with van der Waals surface area (Å²) in [5, 5.41) is 9.54. The second-order valence-corrected chi connectivity index (χ2v) is 9.22. The summed E-state index contributed by atoms with van der Waals surface area (Å²) in [4.78, 5) is 21.1. The number of carbonyl (C=O) groups is 1. The Bertz CT molecular complexity index is 1150. The number of carboxylic acid groups (broad SMARTS) is 1. The van der Waals surface area contributed by atoms with E-state index in [4.69, 9.17) is 14.7 Å². The van der Waals surface area contributed by atoms with Crippen LogP contribution >= 0.6 is 15.9 Å². The molecule has 158 valence electrons. The minimum absolute atomic E-state index is 0.101. The molecule has 31 heavy (non-hydrogen) atoms. The highest BCUT2D eigenvalue weighted by Gasteiger charge is 2.52. The molecule has 1 aromatic carbocycles. The third-order valence-electron chi connectivity index (χ3n) is 6.55. The fourth-order valence-corrected chi connectivity index (χ4v) is 5.50. The Morgan fingerprint density at radius 2 is 1.90 bits per heavy atom. The van der Waals surface area contributed by atoms with E-state index in [-0.39, 0.29) is 11.6 Å². The largest absolute Gasteiger partial charge is 0.478 e. The number of ether oxygens (including phenoxy) is 1. The van der Waals surface area contributed by atoms with E-state index in [1.807, 2.05) is 6.07 Å². The van der Waals surface area contributed by atoms with Gasteiger partial charge >= 0.3 is 5.97 Å². The van der Waals surface area contributed by atoms with Crippen LogP contribution in [0.15, 0.2) is 59.3 Å². The molecule has 2 atom stereocenters. The van der Waals surface area contributed by atoms with Gasteiger partial charge in [0.1, 0.15) is 11.7 Å². The van der Waals surface area contributed by atoms with Crippen LogP contribution in [-0.2, 0) is 4.74 Å². The second kappa shape index (κ2) is 7.82. The van der Waals surface area contributed by atoms with Crippen molar-refractivity contribution in [1.82, 2.24) is 14.5 Å². The molecule has 1 fully saturated rings. The summed E-state index contributed by atoms with van der Waals surface area (Å²) in [5.74, 6) is 0.241. The Balaban J connectivity index is 1.78. The number of aromatic carboxylic acids is 1. The van der Waals surface area contributed by atoms with E-state index in [9.17, 15) is 9.90 Å². The number of nitrogens with zero attached hydrogens (tertiary/aromatic N) is 3. The fraction of sp³-hybridized carbons (Fsp3) is 0.292. The molecule has 4 heterocycles. The number of aromatic nitrogens is 2. The molecule has 5 rings (SSSR count). The minimum atomic E-state index is -0.987. The zero-order valence-corrected chi connectivity index (χ0v) is 18.7. The number of quaternary nitrogens is 1. The Kier molecular flexibility index (Phi) is 5.12. The van der Waals surface area contributed by atoms with Gasteiger partial charge < -0.3 is 9.84 Å². The van der Waals surface area contributed by atoms with Gasteiger partial charge in [-0.2, -0.15) is 0 Å². The first kappa shape index (κ1) is 20.3. The molecule has 0 spiro atoms. The average Bonchev–Trinajstić information content (AvgIpc) is 3.03. The second-order valence-electron chi connectivity index (χ2n) is 8.30. The summed E-state index contributed by atoms with van der Waals surface area (Å²) >= 11 is 3.59. The highest BCUT2D eigenvalue weighted by Crippen LogP contribution is 2.57. The number of hydrogen-bond donors (Lipinski definition) is 1. The molecule has 2 aliphatic rings. The fourth-order valence-electron chi connectivity index (χ4n) is 5.18. The van der Waals surface area contributed by atoms with E-state index < -0.39 is 5.97 Å². The van der Waals surface area contributed by atoms with Crippen molar-refractivity contribution >= 4 is 33.4 Å². The number of hydrogen-bond acceptors (Lipinski definition) is 4. The normalized spacial score (nSPS) is 21.4. The lowest BCUT2D eigenvalue weighted by atomic mass is 9.84. The molecule has 3 aromatic rings. The molecule has 6 nitrogen and oxygen atoms in total. The number of carboxylic acids is 1. The number of halogens is 1. The average molecular weight is 481 g/mol. The third kappa shape index (κ3) is 3.28. The number of fused-ring (bicyclic) bond motifs is 3. The first-order valence-corrected chi connectivity index (χ1v) is 11.2. The first-order chi connectivity index (χ1) is 15.0. The summed E-state index contributed by atoms with van der Waals surface area (Å²) in [6.07, 6.45) is 5.15. The highest BCUT2D eigenvalue weighted by atomic mass is 79.9. The van der Waals surface area contributed by atoms with Gasteiger partial charge in [-0.3, -0.25) is 0 Å². The van der Waals surface area contributed by atoms with Crippen LogP contribution in [0.4, 0.5) is 11.5 Å². The number of rotatable bonds is 4. The molecule has 0 radical (unpaired) electrons. The van der Waals surface area contributed by atoms with Crippen molar-refractivity contribution in [3.05, 3.63) is 70.5 Å². The van der Waals surface area contributed by atoms with Crippen molar-refractivity contribution in [2.45, 2.75) is 18.9 Å². The molecule has 2 unspecified atom stereocenters. The van der Waals surface area contributed by atoms with Crippen molar-refractivity contribution in [3.63, 3.8) is 0 Å². The summed E-state index contributed by atoms with van der Waals surface area (Å²) in [6, 6.07) is 14.4. The highest BCUT2D eigenvalue weighted by molar-refractivity contribution is 9.10. The molecule has 0 aliphatic carbocycles. The molecule has 1 N–H and O–H groups in total. The van der Waals surface area contributed by atoms with Gasteiger partial charge in [-0.15, -0.1) is 0 Å². The van der Waals surface area contributed by atoms with E-state index in [1.165, 1.54) is 11.8 Å². The molecule has 0 amide bonds. The summed E-state index contributed by atoms with van der Waals surface area (Å²) in [6.45, 7) is 1.49. The molecule has 0 saturated carbocycles. The van der Waals surface area contributed by atoms with Gasteiger partial charge in [-0.05, 0) is 34.8 Å². The van der Waals surface area contributed by atoms with Gasteiger partial charge in [-0.25, -0.2) is 19.2 Å². The van der Waals surface area contributed by atoms with Crippen LogP contribution in [0.3, 0.4) is 0 Å². The van der Waals surface area contributed by atoms with Gasteiger partial charge in [0.05, 0.1) is 18.2 Å². The Labute approximate surface area is 189 Å². The zero-order chi connectivity index (χ0) is 21.6. The summed E-state index contributed by atoms with van der Waals surface area (Å²) in [7, 11) is 2.18. The number of pyridine rings is 2. The summed E-state index contributed by atoms with van der Waals surface area (Å²) in [5.41, 5.74) is 4.02. The van der Waals surface area contributed by atoms with E-state index in [0.717, 1.165) is 53.3 Å². The zero-order valence-electron chi connectivity index (χ0n) is 17.2. The van der Waals surface area contributed by atoms with Crippen molar-refractivity contribution in [2.24, 2.45) is 5.92 Å². The summed E-state index contributed by atoms with van der Waals surface area (Å²) < 4.78 is 7.01. The van der Waals surface area contributed by atoms with Crippen LogP contribution < -0.4 is 4.48 Å². The first-order valence-electron chi connectivity index (χ1n) is 10.4. The van der Waals surface area contributed by atoms with Crippen LogP contribution in [0.2, 0.25) is 0 Å². The predicted molar refractivity (Wildman–Crippen MR) is 122 cm³/mol. The van der Waals surface area contributed by atoms with Crippen molar-refractivity contribution < 1.29 is 14.6 Å². The standard InChI is InChI=1S/C24H22BrN3O3/c1-28(22(15-5-3-2-4-6-15)16-7-9-31-10-8-16)20-12-18(25)14-26-21(20)19-11-17(24(29)30)13-27-23(19)28/h2-6,11-14,16,22H,7-10H2,1H3/p+1. The minimum Gasteiger partial charge on any atom is -0.478 e. The van der Waals surface area contributed by atoms with E-state index >= 15 is 0 Å². The smallest absolute Gasteiger partial charge is 0.337 e. The number of benzene rings is 1. The maximum absolute atomic E-state index is 11.6. The van der Waals surface area contributed by atoms with Crippen LogP contribution in [0.1, 0.15) is 34.8 Å². The van der Waals surface area contributed by atoms with Gasteiger partial charge in [0.2, 0.25) is 5.82 Å². The Morgan fingerprint density at radius 3 is 2.61 bits per heavy atom. The van der Waals surface area contributed by atoms with Crippen LogP contribution in [0.25, 0.3) is 11.3 Å². The maximum Gasteiger partial charge on any atom is 0.337 e. The van der Waals surface area contributed by atoms with Crippen LogP contribution in [-0.4, -0.2) is 41.3 Å². The van der Waals surface area contributed by atoms with Crippen molar-refractivity contribution in [3.8, 4) is 11.3 Å². The van der Waals surface area contributed by atoms with Crippen LogP contribution in [0, 0.1) is 5.92 Å². The van der Waals surface area contributed by atoms with Crippen LogP contribution in [0.5, 0.6) is 0 Å². The van der Waals surface area contributed by atoms with E-state index in [1.54, 1.807) is 12.3 Å². The Hall–Kier alpha value is -2.61. The van der Waals surface area contributed by atoms with Crippen molar-refractivity contribution in [1.29, 1.82) is 0 Å². The molecular weight excluding hydrogens is 458 g/mol. The lowest BCUT2D eigenvalue weighted by molar-refractivity contribution is 0.0416. The molecule has 2 aromatic heterocycles. The topological polar surface area (TPSA) is 72.3 Å². The lowest BCUT2D eigenvalue weighted by Crippen LogP contribution is -2.47. The predicted octanol–water partition coefficient (Wildman–Crippen LogP) is 5.35. The monoisotopic (exact) mass is 480 g/mol. The van der Waals surface area contributed by atoms with Gasteiger partial charge in [0.15, 0.2) is 5.69 Å². The molecule has 0 bridgehead atoms. The van der Waals surface area contributed by atoms with Gasteiger partial charge in [0.25, 0.3) is 0 Å². The SMILES string of the molecule is C[N+]1(C(c2ccccc2)C2CCOCC2)c2cc(Br)cnc2-c2cc(C(=O)O)cnc21. The molecule has 2 aliphatic heterocycles.